The van der Waals surface area contributed by atoms with Crippen LogP contribution < -0.4 is 5.32 Å². The molecule has 2 nitrogen and oxygen atoms in total. The predicted octanol–water partition coefficient (Wildman–Crippen LogP) is 2.10. The van der Waals surface area contributed by atoms with Crippen LogP contribution in [0.5, 0.6) is 0 Å². The molecule has 0 spiro atoms. The van der Waals surface area contributed by atoms with E-state index in [2.05, 4.69) is 38.0 Å². The lowest BCUT2D eigenvalue weighted by Gasteiger charge is -2.33. The van der Waals surface area contributed by atoms with Crippen LogP contribution in [0.15, 0.2) is 0 Å². The average molecular weight is 198 g/mol. The summed E-state index contributed by atoms with van der Waals surface area (Å²) in [5, 5.41) is 3.62. The minimum Gasteiger partial charge on any atom is -0.314 e. The average Bonchev–Trinajstić information content (AvgIpc) is 2.08. The van der Waals surface area contributed by atoms with Gasteiger partial charge in [-0.15, -0.1) is 0 Å². The summed E-state index contributed by atoms with van der Waals surface area (Å²) in [7, 11) is 2.20. The number of nitrogens with zero attached hydrogens (tertiary/aromatic N) is 1. The summed E-state index contributed by atoms with van der Waals surface area (Å²) in [5.41, 5.74) is 0. The summed E-state index contributed by atoms with van der Waals surface area (Å²) < 4.78 is 0. The van der Waals surface area contributed by atoms with Gasteiger partial charge < -0.3 is 10.2 Å². The zero-order valence-corrected chi connectivity index (χ0v) is 10.2. The lowest BCUT2D eigenvalue weighted by Crippen LogP contribution is -2.41. The molecule has 1 saturated carbocycles. The van der Waals surface area contributed by atoms with Gasteiger partial charge in [-0.3, -0.25) is 0 Å². The van der Waals surface area contributed by atoms with Crippen molar-refractivity contribution in [1.82, 2.24) is 10.2 Å². The quantitative estimate of drug-likeness (QED) is 0.658. The fraction of sp³-hybridized carbons (Fsp3) is 1.00. The Labute approximate surface area is 89.1 Å². The minimum atomic E-state index is 0.679. The SMILES string of the molecule is CC1CC(NCCCN(C)C(C)C)C1. The molecule has 0 amide bonds. The summed E-state index contributed by atoms with van der Waals surface area (Å²) in [6.07, 6.45) is 4.06. The van der Waals surface area contributed by atoms with E-state index in [-0.39, 0.29) is 0 Å². The Morgan fingerprint density at radius 2 is 2.00 bits per heavy atom. The van der Waals surface area contributed by atoms with Crippen LogP contribution in [0.3, 0.4) is 0 Å². The van der Waals surface area contributed by atoms with Crippen LogP contribution in [0.2, 0.25) is 0 Å². The Morgan fingerprint density at radius 3 is 2.50 bits per heavy atom. The summed E-state index contributed by atoms with van der Waals surface area (Å²) in [6, 6.07) is 1.51. The van der Waals surface area contributed by atoms with E-state index < -0.39 is 0 Å². The fourth-order valence-electron chi connectivity index (χ4n) is 1.96. The Hall–Kier alpha value is -0.0800. The minimum absolute atomic E-state index is 0.679. The van der Waals surface area contributed by atoms with Gasteiger partial charge in [0.2, 0.25) is 0 Å². The summed E-state index contributed by atoms with van der Waals surface area (Å²) >= 11 is 0. The van der Waals surface area contributed by atoms with E-state index in [0.717, 1.165) is 12.0 Å². The van der Waals surface area contributed by atoms with Crippen molar-refractivity contribution >= 4 is 0 Å². The van der Waals surface area contributed by atoms with Gasteiger partial charge in [-0.1, -0.05) is 6.92 Å². The molecule has 0 heterocycles. The molecule has 1 N–H and O–H groups in total. The van der Waals surface area contributed by atoms with Crippen molar-refractivity contribution in [3.8, 4) is 0 Å². The maximum absolute atomic E-state index is 3.62. The molecular weight excluding hydrogens is 172 g/mol. The fourth-order valence-corrected chi connectivity index (χ4v) is 1.96. The van der Waals surface area contributed by atoms with Crippen molar-refractivity contribution in [1.29, 1.82) is 0 Å². The Morgan fingerprint density at radius 1 is 1.36 bits per heavy atom. The smallest absolute Gasteiger partial charge is 0.00721 e. The molecule has 1 aliphatic carbocycles. The largest absolute Gasteiger partial charge is 0.314 e. The number of hydrogen-bond donors (Lipinski definition) is 1. The van der Waals surface area contributed by atoms with Crippen LogP contribution in [0.25, 0.3) is 0 Å². The van der Waals surface area contributed by atoms with Gasteiger partial charge in [0.05, 0.1) is 0 Å². The van der Waals surface area contributed by atoms with Crippen LogP contribution in [-0.4, -0.2) is 37.1 Å². The third-order valence-electron chi connectivity index (χ3n) is 3.38. The summed E-state index contributed by atoms with van der Waals surface area (Å²) in [6.45, 7) is 9.24. The molecule has 14 heavy (non-hydrogen) atoms. The molecule has 0 aliphatic heterocycles. The maximum Gasteiger partial charge on any atom is 0.00721 e. The molecule has 84 valence electrons. The number of nitrogens with one attached hydrogen (secondary N) is 1. The van der Waals surface area contributed by atoms with Gasteiger partial charge in [0, 0.05) is 12.1 Å². The standard InChI is InChI=1S/C12H26N2/c1-10(2)14(4)7-5-6-13-12-8-11(3)9-12/h10-13H,5-9H2,1-4H3. The molecular formula is C12H26N2. The van der Waals surface area contributed by atoms with Gasteiger partial charge in [0.15, 0.2) is 0 Å². The molecule has 0 aromatic heterocycles. The second-order valence-corrected chi connectivity index (χ2v) is 5.16. The molecule has 1 aliphatic rings. The normalized spacial score (nSPS) is 27.0. The molecule has 0 unspecified atom stereocenters. The van der Waals surface area contributed by atoms with E-state index >= 15 is 0 Å². The number of hydrogen-bond acceptors (Lipinski definition) is 2. The molecule has 0 aromatic carbocycles. The summed E-state index contributed by atoms with van der Waals surface area (Å²) in [4.78, 5) is 2.41. The lowest BCUT2D eigenvalue weighted by atomic mass is 9.82. The van der Waals surface area contributed by atoms with Gasteiger partial charge in [0.1, 0.15) is 0 Å². The van der Waals surface area contributed by atoms with E-state index in [4.69, 9.17) is 0 Å². The van der Waals surface area contributed by atoms with Gasteiger partial charge in [-0.05, 0) is 59.2 Å². The highest BCUT2D eigenvalue weighted by Gasteiger charge is 2.23. The first kappa shape index (κ1) is 12.0. The summed E-state index contributed by atoms with van der Waals surface area (Å²) in [5.74, 6) is 0.964. The third kappa shape index (κ3) is 3.97. The van der Waals surface area contributed by atoms with Crippen LogP contribution in [0, 0.1) is 5.92 Å². The first-order valence-corrected chi connectivity index (χ1v) is 6.03. The Balaban J connectivity index is 1.89. The van der Waals surface area contributed by atoms with Crippen LogP contribution in [0.1, 0.15) is 40.0 Å². The predicted molar refractivity (Wildman–Crippen MR) is 62.6 cm³/mol. The second-order valence-electron chi connectivity index (χ2n) is 5.16. The first-order valence-electron chi connectivity index (χ1n) is 6.03. The molecule has 0 bridgehead atoms. The van der Waals surface area contributed by atoms with Gasteiger partial charge in [-0.25, -0.2) is 0 Å². The zero-order valence-electron chi connectivity index (χ0n) is 10.2. The zero-order chi connectivity index (χ0) is 10.6. The van der Waals surface area contributed by atoms with Crippen molar-refractivity contribution in [2.24, 2.45) is 5.92 Å². The van der Waals surface area contributed by atoms with Crippen LogP contribution in [-0.2, 0) is 0 Å². The van der Waals surface area contributed by atoms with E-state index in [1.807, 2.05) is 0 Å². The molecule has 0 radical (unpaired) electrons. The van der Waals surface area contributed by atoms with Crippen molar-refractivity contribution in [3.63, 3.8) is 0 Å². The lowest BCUT2D eigenvalue weighted by molar-refractivity contribution is 0.229. The molecule has 0 atom stereocenters. The van der Waals surface area contributed by atoms with Crippen molar-refractivity contribution in [3.05, 3.63) is 0 Å². The van der Waals surface area contributed by atoms with E-state index in [9.17, 15) is 0 Å². The molecule has 1 rings (SSSR count). The highest BCUT2D eigenvalue weighted by molar-refractivity contribution is 4.82. The van der Waals surface area contributed by atoms with E-state index in [1.165, 1.54) is 32.4 Å². The molecule has 2 heteroatoms. The molecule has 0 saturated heterocycles. The van der Waals surface area contributed by atoms with Crippen molar-refractivity contribution in [2.75, 3.05) is 20.1 Å². The first-order chi connectivity index (χ1) is 6.59. The van der Waals surface area contributed by atoms with Gasteiger partial charge in [0.25, 0.3) is 0 Å². The van der Waals surface area contributed by atoms with Crippen LogP contribution >= 0.6 is 0 Å². The van der Waals surface area contributed by atoms with E-state index in [1.54, 1.807) is 0 Å². The van der Waals surface area contributed by atoms with E-state index in [0.29, 0.717) is 6.04 Å². The third-order valence-corrected chi connectivity index (χ3v) is 3.38. The Kier molecular flexibility index (Phi) is 4.90. The van der Waals surface area contributed by atoms with Crippen molar-refractivity contribution < 1.29 is 0 Å². The van der Waals surface area contributed by atoms with Gasteiger partial charge in [-0.2, -0.15) is 0 Å². The maximum atomic E-state index is 3.62. The molecule has 0 aromatic rings. The highest BCUT2D eigenvalue weighted by Crippen LogP contribution is 2.25. The molecule has 1 fully saturated rings. The topological polar surface area (TPSA) is 15.3 Å². The monoisotopic (exact) mass is 198 g/mol. The van der Waals surface area contributed by atoms with Crippen molar-refractivity contribution in [2.45, 2.75) is 52.1 Å². The Bertz CT molecular complexity index is 150. The highest BCUT2D eigenvalue weighted by atomic mass is 15.1. The number of rotatable bonds is 6. The van der Waals surface area contributed by atoms with Gasteiger partial charge >= 0.3 is 0 Å². The second kappa shape index (κ2) is 5.72. The van der Waals surface area contributed by atoms with Crippen LogP contribution in [0.4, 0.5) is 0 Å².